The minimum atomic E-state index is 0.140. The highest BCUT2D eigenvalue weighted by Crippen LogP contribution is 2.25. The molecule has 86 valence electrons. The maximum absolute atomic E-state index is 6.11. The Balaban J connectivity index is 2.53. The van der Waals surface area contributed by atoms with E-state index in [0.29, 0.717) is 0 Å². The van der Waals surface area contributed by atoms with Gasteiger partial charge in [-0.15, -0.1) is 11.3 Å². The highest BCUT2D eigenvalue weighted by Gasteiger charge is 2.12. The van der Waals surface area contributed by atoms with E-state index in [9.17, 15) is 0 Å². The Hall–Kier alpha value is -0.0600. The molecule has 0 radical (unpaired) electrons. The topological polar surface area (TPSA) is 38.9 Å². The summed E-state index contributed by atoms with van der Waals surface area (Å²) >= 11 is 3.64. The zero-order chi connectivity index (χ0) is 11.3. The van der Waals surface area contributed by atoms with Crippen molar-refractivity contribution in [1.29, 1.82) is 0 Å². The van der Waals surface area contributed by atoms with Crippen LogP contribution in [-0.4, -0.2) is 17.0 Å². The van der Waals surface area contributed by atoms with Gasteiger partial charge < -0.3 is 5.73 Å². The van der Waals surface area contributed by atoms with Crippen LogP contribution >= 0.6 is 23.1 Å². The number of thiazole rings is 1. The van der Waals surface area contributed by atoms with Gasteiger partial charge in [0.25, 0.3) is 0 Å². The van der Waals surface area contributed by atoms with Crippen LogP contribution in [0.4, 0.5) is 0 Å². The fourth-order valence-electron chi connectivity index (χ4n) is 1.51. The molecule has 0 aliphatic heterocycles. The predicted molar refractivity (Wildman–Crippen MR) is 70.8 cm³/mol. The van der Waals surface area contributed by atoms with Crippen molar-refractivity contribution in [3.05, 3.63) is 15.6 Å². The molecule has 0 saturated heterocycles. The van der Waals surface area contributed by atoms with Crippen molar-refractivity contribution in [3.8, 4) is 0 Å². The van der Waals surface area contributed by atoms with E-state index in [0.717, 1.165) is 17.8 Å². The minimum Gasteiger partial charge on any atom is -0.322 e. The number of hydrogen-bond donors (Lipinski definition) is 1. The normalized spacial score (nSPS) is 13.1. The van der Waals surface area contributed by atoms with E-state index in [1.807, 2.05) is 11.8 Å². The number of rotatable bonds is 6. The van der Waals surface area contributed by atoms with Crippen LogP contribution < -0.4 is 5.73 Å². The van der Waals surface area contributed by atoms with Gasteiger partial charge >= 0.3 is 0 Å². The summed E-state index contributed by atoms with van der Waals surface area (Å²) in [6.45, 7) is 4.28. The van der Waals surface area contributed by atoms with Gasteiger partial charge in [-0.25, -0.2) is 4.98 Å². The summed E-state index contributed by atoms with van der Waals surface area (Å²) in [5.41, 5.74) is 7.33. The molecule has 0 bridgehead atoms. The molecule has 0 amide bonds. The van der Waals surface area contributed by atoms with Gasteiger partial charge in [-0.1, -0.05) is 6.92 Å². The smallest absolute Gasteiger partial charge is 0.110 e. The van der Waals surface area contributed by atoms with Gasteiger partial charge in [-0.05, 0) is 38.2 Å². The second-order valence-corrected chi connectivity index (χ2v) is 5.87. The van der Waals surface area contributed by atoms with Gasteiger partial charge in [0, 0.05) is 4.88 Å². The average molecular weight is 244 g/mol. The Kier molecular flexibility index (Phi) is 5.64. The third kappa shape index (κ3) is 3.78. The van der Waals surface area contributed by atoms with Crippen LogP contribution in [0.15, 0.2) is 0 Å². The zero-order valence-electron chi connectivity index (χ0n) is 9.75. The lowest BCUT2D eigenvalue weighted by Gasteiger charge is -2.06. The quantitative estimate of drug-likeness (QED) is 0.781. The molecule has 0 saturated carbocycles. The molecule has 4 heteroatoms. The molecule has 2 N–H and O–H groups in total. The van der Waals surface area contributed by atoms with Crippen LogP contribution in [0.2, 0.25) is 0 Å². The molecular formula is C11H20N2S2. The summed E-state index contributed by atoms with van der Waals surface area (Å²) in [5, 5.41) is 1.12. The van der Waals surface area contributed by atoms with Gasteiger partial charge in [-0.2, -0.15) is 11.8 Å². The van der Waals surface area contributed by atoms with Gasteiger partial charge in [0.2, 0.25) is 0 Å². The number of nitrogens with zero attached hydrogens (tertiary/aromatic N) is 1. The van der Waals surface area contributed by atoms with Crippen molar-refractivity contribution >= 4 is 23.1 Å². The molecule has 0 fully saturated rings. The monoisotopic (exact) mass is 244 g/mol. The van der Waals surface area contributed by atoms with E-state index in [1.165, 1.54) is 22.7 Å². The standard InChI is InChI=1S/C11H20N2S2/c1-4-10-8(2)15-11(13-10)9(12)6-5-7-14-3/h9H,4-7,12H2,1-3H3. The van der Waals surface area contributed by atoms with Crippen LogP contribution in [0.1, 0.15) is 41.4 Å². The first kappa shape index (κ1) is 13.0. The lowest BCUT2D eigenvalue weighted by Crippen LogP contribution is -2.10. The van der Waals surface area contributed by atoms with E-state index in [4.69, 9.17) is 5.73 Å². The van der Waals surface area contributed by atoms with Crippen LogP contribution in [0.25, 0.3) is 0 Å². The molecule has 1 atom stereocenters. The SMILES string of the molecule is CCc1nc(C(N)CCCSC)sc1C. The maximum atomic E-state index is 6.11. The fourth-order valence-corrected chi connectivity index (χ4v) is 3.01. The fraction of sp³-hybridized carbons (Fsp3) is 0.727. The van der Waals surface area contributed by atoms with Crippen LogP contribution in [-0.2, 0) is 6.42 Å². The van der Waals surface area contributed by atoms with Crippen LogP contribution in [0.5, 0.6) is 0 Å². The van der Waals surface area contributed by atoms with Gasteiger partial charge in [0.05, 0.1) is 11.7 Å². The number of aryl methyl sites for hydroxylation is 2. The average Bonchev–Trinajstić information content (AvgIpc) is 2.60. The summed E-state index contributed by atoms with van der Waals surface area (Å²) in [5.74, 6) is 1.19. The van der Waals surface area contributed by atoms with Crippen molar-refractivity contribution in [2.24, 2.45) is 5.73 Å². The highest BCUT2D eigenvalue weighted by molar-refractivity contribution is 7.98. The molecule has 0 aliphatic carbocycles. The summed E-state index contributed by atoms with van der Waals surface area (Å²) < 4.78 is 0. The number of nitrogens with two attached hydrogens (primary N) is 1. The first-order valence-electron chi connectivity index (χ1n) is 5.39. The molecule has 0 aromatic carbocycles. The van der Waals surface area contributed by atoms with E-state index >= 15 is 0 Å². The van der Waals surface area contributed by atoms with Gasteiger partial charge in [0.15, 0.2) is 0 Å². The number of hydrogen-bond acceptors (Lipinski definition) is 4. The molecule has 0 spiro atoms. The lowest BCUT2D eigenvalue weighted by molar-refractivity contribution is 0.636. The van der Waals surface area contributed by atoms with Crippen molar-refractivity contribution < 1.29 is 0 Å². The summed E-state index contributed by atoms with van der Waals surface area (Å²) in [6, 6.07) is 0.140. The second kappa shape index (κ2) is 6.51. The maximum Gasteiger partial charge on any atom is 0.110 e. The molecule has 1 heterocycles. The second-order valence-electron chi connectivity index (χ2n) is 3.65. The van der Waals surface area contributed by atoms with E-state index in [2.05, 4.69) is 25.1 Å². The van der Waals surface area contributed by atoms with Crippen LogP contribution in [0.3, 0.4) is 0 Å². The summed E-state index contributed by atoms with van der Waals surface area (Å²) in [6.07, 6.45) is 5.38. The van der Waals surface area contributed by atoms with Gasteiger partial charge in [-0.3, -0.25) is 0 Å². The summed E-state index contributed by atoms with van der Waals surface area (Å²) in [7, 11) is 0. The summed E-state index contributed by atoms with van der Waals surface area (Å²) in [4.78, 5) is 5.92. The molecule has 1 aromatic heterocycles. The minimum absolute atomic E-state index is 0.140. The highest BCUT2D eigenvalue weighted by atomic mass is 32.2. The number of aromatic nitrogens is 1. The van der Waals surface area contributed by atoms with Crippen molar-refractivity contribution in [3.63, 3.8) is 0 Å². The molecule has 15 heavy (non-hydrogen) atoms. The number of thioether (sulfide) groups is 1. The Labute approximate surface area is 101 Å². The Morgan fingerprint density at radius 3 is 2.80 bits per heavy atom. The Morgan fingerprint density at radius 1 is 1.53 bits per heavy atom. The lowest BCUT2D eigenvalue weighted by atomic mass is 10.2. The Bertz CT molecular complexity index is 297. The van der Waals surface area contributed by atoms with Crippen molar-refractivity contribution in [1.82, 2.24) is 4.98 Å². The third-order valence-corrected chi connectivity index (χ3v) is 4.27. The van der Waals surface area contributed by atoms with E-state index in [1.54, 1.807) is 11.3 Å². The molecule has 1 rings (SSSR count). The molecule has 2 nitrogen and oxygen atoms in total. The van der Waals surface area contributed by atoms with Crippen molar-refractivity contribution in [2.45, 2.75) is 39.2 Å². The molecule has 1 aromatic rings. The first-order valence-corrected chi connectivity index (χ1v) is 7.60. The Morgan fingerprint density at radius 2 is 2.27 bits per heavy atom. The molecule has 0 aliphatic rings. The zero-order valence-corrected chi connectivity index (χ0v) is 11.4. The molecule has 1 unspecified atom stereocenters. The third-order valence-electron chi connectivity index (χ3n) is 2.42. The van der Waals surface area contributed by atoms with E-state index in [-0.39, 0.29) is 6.04 Å². The largest absolute Gasteiger partial charge is 0.322 e. The molecular weight excluding hydrogens is 224 g/mol. The van der Waals surface area contributed by atoms with E-state index < -0.39 is 0 Å². The predicted octanol–water partition coefficient (Wildman–Crippen LogP) is 3.16. The van der Waals surface area contributed by atoms with Crippen LogP contribution in [0, 0.1) is 6.92 Å². The first-order chi connectivity index (χ1) is 7.19. The van der Waals surface area contributed by atoms with Crippen molar-refractivity contribution in [2.75, 3.05) is 12.0 Å². The van der Waals surface area contributed by atoms with Gasteiger partial charge in [0.1, 0.15) is 5.01 Å².